The highest BCUT2D eigenvalue weighted by atomic mass is 35.5. The van der Waals surface area contributed by atoms with Crippen molar-refractivity contribution in [3.63, 3.8) is 0 Å². The van der Waals surface area contributed by atoms with Crippen LogP contribution in [-0.2, 0) is 4.79 Å². The molecule has 0 atom stereocenters. The highest BCUT2D eigenvalue weighted by Gasteiger charge is 2.20. The van der Waals surface area contributed by atoms with Gasteiger partial charge in [0.2, 0.25) is 5.91 Å². The van der Waals surface area contributed by atoms with E-state index in [0.717, 1.165) is 11.8 Å². The fraction of sp³-hybridized carbons (Fsp3) is 0.158. The molecule has 154 valence electrons. The Hall–Kier alpha value is -2.31. The van der Waals surface area contributed by atoms with Crippen LogP contribution in [-0.4, -0.2) is 33.0 Å². The van der Waals surface area contributed by atoms with Gasteiger partial charge in [-0.1, -0.05) is 46.6 Å². The molecule has 1 heterocycles. The number of thioether (sulfide) groups is 1. The van der Waals surface area contributed by atoms with E-state index in [9.17, 15) is 9.18 Å². The minimum absolute atomic E-state index is 0.0485. The third-order valence-electron chi connectivity index (χ3n) is 3.86. The summed E-state index contributed by atoms with van der Waals surface area (Å²) in [5.41, 5.74) is 1.05. The third-order valence-corrected chi connectivity index (χ3v) is 5.62. The summed E-state index contributed by atoms with van der Waals surface area (Å²) in [5, 5.41) is 20.7. The van der Waals surface area contributed by atoms with Gasteiger partial charge in [-0.2, -0.15) is 5.26 Å². The molecule has 3 rings (SSSR count). The van der Waals surface area contributed by atoms with Crippen LogP contribution in [0.2, 0.25) is 15.1 Å². The van der Waals surface area contributed by atoms with Gasteiger partial charge in [-0.15, -0.1) is 10.2 Å². The molecule has 30 heavy (non-hydrogen) atoms. The summed E-state index contributed by atoms with van der Waals surface area (Å²) in [6.07, 6.45) is 0.222. The fourth-order valence-corrected chi connectivity index (χ4v) is 3.95. The SMILES string of the molecule is N#CCCNC(=O)CSc1nnc(-c2ccc(Cl)cc2Cl)n1-c1ccc(F)c(Cl)c1. The van der Waals surface area contributed by atoms with Crippen LogP contribution in [0, 0.1) is 17.1 Å². The highest BCUT2D eigenvalue weighted by Crippen LogP contribution is 2.34. The van der Waals surface area contributed by atoms with Crippen molar-refractivity contribution in [2.24, 2.45) is 0 Å². The summed E-state index contributed by atoms with van der Waals surface area (Å²) in [6.45, 7) is 0.266. The topological polar surface area (TPSA) is 83.6 Å². The van der Waals surface area contributed by atoms with E-state index >= 15 is 0 Å². The van der Waals surface area contributed by atoms with Crippen LogP contribution in [0.25, 0.3) is 17.1 Å². The van der Waals surface area contributed by atoms with Crippen molar-refractivity contribution >= 4 is 52.5 Å². The average Bonchev–Trinajstić information content (AvgIpc) is 3.12. The van der Waals surface area contributed by atoms with E-state index in [2.05, 4.69) is 15.5 Å². The molecule has 0 unspecified atom stereocenters. The number of halogens is 4. The molecule has 0 aliphatic rings. The Bertz CT molecular complexity index is 1130. The molecule has 1 aromatic heterocycles. The Morgan fingerprint density at radius 2 is 1.97 bits per heavy atom. The van der Waals surface area contributed by atoms with Gasteiger partial charge in [0.25, 0.3) is 0 Å². The first-order chi connectivity index (χ1) is 14.4. The molecule has 0 saturated heterocycles. The number of rotatable bonds is 7. The Morgan fingerprint density at radius 1 is 1.17 bits per heavy atom. The van der Waals surface area contributed by atoms with E-state index in [1.54, 1.807) is 22.8 Å². The number of hydrogen-bond donors (Lipinski definition) is 1. The summed E-state index contributed by atoms with van der Waals surface area (Å²) >= 11 is 19.4. The van der Waals surface area contributed by atoms with Gasteiger partial charge in [0, 0.05) is 17.1 Å². The Kier molecular flexibility index (Phi) is 7.56. The first kappa shape index (κ1) is 22.4. The predicted molar refractivity (Wildman–Crippen MR) is 116 cm³/mol. The van der Waals surface area contributed by atoms with Crippen molar-refractivity contribution < 1.29 is 9.18 Å². The third kappa shape index (κ3) is 5.24. The molecule has 0 fully saturated rings. The van der Waals surface area contributed by atoms with Gasteiger partial charge < -0.3 is 5.32 Å². The zero-order chi connectivity index (χ0) is 21.7. The maximum atomic E-state index is 13.7. The zero-order valence-electron chi connectivity index (χ0n) is 15.2. The van der Waals surface area contributed by atoms with Crippen molar-refractivity contribution in [1.29, 1.82) is 5.26 Å². The number of hydrogen-bond acceptors (Lipinski definition) is 5. The number of carbonyl (C=O) groups excluding carboxylic acids is 1. The van der Waals surface area contributed by atoms with E-state index < -0.39 is 5.82 Å². The monoisotopic (exact) mass is 483 g/mol. The second-order valence-corrected chi connectivity index (χ2v) is 8.10. The number of nitrogens with one attached hydrogen (secondary N) is 1. The van der Waals surface area contributed by atoms with E-state index in [0.29, 0.717) is 32.3 Å². The van der Waals surface area contributed by atoms with E-state index in [4.69, 9.17) is 40.1 Å². The highest BCUT2D eigenvalue weighted by molar-refractivity contribution is 7.99. The zero-order valence-corrected chi connectivity index (χ0v) is 18.3. The second-order valence-electron chi connectivity index (χ2n) is 5.91. The standard InChI is InChI=1S/C19H13Cl3FN5OS/c20-11-2-4-13(14(21)8-11)18-26-27-19(30-10-17(29)25-7-1-6-24)28(18)12-3-5-16(23)15(22)9-12/h2-5,8-9H,1,7,10H2,(H,25,29). The van der Waals surface area contributed by atoms with Crippen LogP contribution in [0.1, 0.15) is 6.42 Å². The Labute approximate surface area is 190 Å². The van der Waals surface area contributed by atoms with Gasteiger partial charge in [0.05, 0.1) is 34.0 Å². The minimum Gasteiger partial charge on any atom is -0.354 e. The number of carbonyl (C=O) groups is 1. The average molecular weight is 485 g/mol. The molecular weight excluding hydrogens is 472 g/mol. The van der Waals surface area contributed by atoms with Crippen LogP contribution in [0.15, 0.2) is 41.6 Å². The quantitative estimate of drug-likeness (QED) is 0.370. The van der Waals surface area contributed by atoms with Gasteiger partial charge in [-0.05, 0) is 36.4 Å². The number of benzene rings is 2. The summed E-state index contributed by atoms with van der Waals surface area (Å²) in [4.78, 5) is 12.0. The molecule has 6 nitrogen and oxygen atoms in total. The number of aromatic nitrogens is 3. The summed E-state index contributed by atoms with van der Waals surface area (Å²) in [6, 6.07) is 11.1. The van der Waals surface area contributed by atoms with Gasteiger partial charge in [0.15, 0.2) is 11.0 Å². The van der Waals surface area contributed by atoms with Gasteiger partial charge in [-0.25, -0.2) is 4.39 Å². The van der Waals surface area contributed by atoms with Crippen molar-refractivity contribution in [2.45, 2.75) is 11.6 Å². The lowest BCUT2D eigenvalue weighted by molar-refractivity contribution is -0.118. The predicted octanol–water partition coefficient (Wildman–Crippen LogP) is 5.16. The maximum Gasteiger partial charge on any atom is 0.230 e. The van der Waals surface area contributed by atoms with Crippen molar-refractivity contribution in [2.75, 3.05) is 12.3 Å². The van der Waals surface area contributed by atoms with Crippen molar-refractivity contribution in [3.05, 3.63) is 57.3 Å². The molecular formula is C19H13Cl3FN5OS. The first-order valence-electron chi connectivity index (χ1n) is 8.53. The molecule has 0 bridgehead atoms. The molecule has 0 spiro atoms. The molecule has 1 amide bonds. The lowest BCUT2D eigenvalue weighted by atomic mass is 10.2. The Morgan fingerprint density at radius 3 is 2.67 bits per heavy atom. The van der Waals surface area contributed by atoms with Gasteiger partial charge in [0.1, 0.15) is 5.82 Å². The lowest BCUT2D eigenvalue weighted by Gasteiger charge is -2.12. The fourth-order valence-electron chi connectivity index (χ4n) is 2.50. The van der Waals surface area contributed by atoms with Crippen LogP contribution in [0.3, 0.4) is 0 Å². The van der Waals surface area contributed by atoms with Crippen LogP contribution < -0.4 is 5.32 Å². The summed E-state index contributed by atoms with van der Waals surface area (Å²) in [7, 11) is 0. The molecule has 3 aromatic rings. The molecule has 1 N–H and O–H groups in total. The molecule has 0 aliphatic heterocycles. The van der Waals surface area contributed by atoms with E-state index in [-0.39, 0.29) is 29.6 Å². The van der Waals surface area contributed by atoms with Crippen molar-refractivity contribution in [1.82, 2.24) is 20.1 Å². The molecule has 0 aliphatic carbocycles. The molecule has 2 aromatic carbocycles. The normalized spacial score (nSPS) is 10.6. The second kappa shape index (κ2) is 10.1. The molecule has 11 heteroatoms. The smallest absolute Gasteiger partial charge is 0.230 e. The largest absolute Gasteiger partial charge is 0.354 e. The van der Waals surface area contributed by atoms with Crippen LogP contribution in [0.5, 0.6) is 0 Å². The van der Waals surface area contributed by atoms with Gasteiger partial charge >= 0.3 is 0 Å². The summed E-state index contributed by atoms with van der Waals surface area (Å²) < 4.78 is 15.3. The van der Waals surface area contributed by atoms with Crippen molar-refractivity contribution in [3.8, 4) is 23.1 Å². The maximum absolute atomic E-state index is 13.7. The van der Waals surface area contributed by atoms with Crippen LogP contribution in [0.4, 0.5) is 4.39 Å². The number of amides is 1. The first-order valence-corrected chi connectivity index (χ1v) is 10.7. The number of nitrogens with zero attached hydrogens (tertiary/aromatic N) is 4. The lowest BCUT2D eigenvalue weighted by Crippen LogP contribution is -2.26. The Balaban J connectivity index is 1.99. The minimum atomic E-state index is -0.564. The van der Waals surface area contributed by atoms with Gasteiger partial charge in [-0.3, -0.25) is 9.36 Å². The molecule has 0 saturated carbocycles. The summed E-state index contributed by atoms with van der Waals surface area (Å²) in [5.74, 6) is -0.391. The van der Waals surface area contributed by atoms with E-state index in [1.807, 2.05) is 6.07 Å². The van der Waals surface area contributed by atoms with E-state index in [1.165, 1.54) is 18.2 Å². The number of nitriles is 1. The van der Waals surface area contributed by atoms with Crippen LogP contribution >= 0.6 is 46.6 Å². The molecule has 0 radical (unpaired) electrons.